The third-order valence-electron chi connectivity index (χ3n) is 3.71. The highest BCUT2D eigenvalue weighted by atomic mass is 32.1. The Morgan fingerprint density at radius 1 is 1.41 bits per heavy atom. The molecule has 0 aliphatic carbocycles. The van der Waals surface area contributed by atoms with Crippen molar-refractivity contribution in [1.82, 2.24) is 0 Å². The molecular weight excluding hydrogens is 300 g/mol. The molecule has 1 aromatic heterocycles. The molecule has 0 bridgehead atoms. The number of nitrogens with two attached hydrogens (primary N) is 1. The van der Waals surface area contributed by atoms with Gasteiger partial charge in [0.05, 0.1) is 16.3 Å². The average Bonchev–Trinajstić information content (AvgIpc) is 2.91. The first-order chi connectivity index (χ1) is 10.5. The van der Waals surface area contributed by atoms with Crippen LogP contribution in [0.4, 0.5) is 10.7 Å². The van der Waals surface area contributed by atoms with Crippen LogP contribution in [-0.4, -0.2) is 25.3 Å². The number of likely N-dealkylation sites (N-methyl/N-ethyl adjacent to an activating group) is 1. The molecule has 0 fully saturated rings. The first-order valence-corrected chi connectivity index (χ1v) is 7.79. The number of thiophene rings is 1. The zero-order valence-corrected chi connectivity index (χ0v) is 13.2. The van der Waals surface area contributed by atoms with Crippen molar-refractivity contribution >= 4 is 33.7 Å². The van der Waals surface area contributed by atoms with Crippen LogP contribution in [0.2, 0.25) is 0 Å². The largest absolute Gasteiger partial charge is 0.482 e. The Kier molecular flexibility index (Phi) is 3.62. The van der Waals surface area contributed by atoms with Crippen molar-refractivity contribution in [2.45, 2.75) is 13.3 Å². The normalized spacial score (nSPS) is 13.7. The van der Waals surface area contributed by atoms with Crippen LogP contribution >= 0.6 is 11.3 Å². The van der Waals surface area contributed by atoms with Crippen LogP contribution < -0.4 is 15.4 Å². The fraction of sp³-hybridized carbons (Fsp3) is 0.250. The van der Waals surface area contributed by atoms with Crippen LogP contribution in [0.15, 0.2) is 24.3 Å². The number of ether oxygens (including phenoxy) is 1. The van der Waals surface area contributed by atoms with E-state index >= 15 is 0 Å². The quantitative estimate of drug-likeness (QED) is 0.883. The molecule has 2 heterocycles. The second-order valence-electron chi connectivity index (χ2n) is 5.10. The molecule has 114 valence electrons. The maximum atomic E-state index is 12.7. The van der Waals surface area contributed by atoms with Gasteiger partial charge in [0.25, 0.3) is 5.91 Å². The summed E-state index contributed by atoms with van der Waals surface area (Å²) in [6.07, 6.45) is 0.845. The van der Waals surface area contributed by atoms with Gasteiger partial charge in [0.1, 0.15) is 5.75 Å². The maximum Gasteiger partial charge on any atom is 0.264 e. The number of rotatable bonds is 3. The van der Waals surface area contributed by atoms with Crippen molar-refractivity contribution < 1.29 is 14.3 Å². The summed E-state index contributed by atoms with van der Waals surface area (Å²) in [5.74, 6) is 0.328. The van der Waals surface area contributed by atoms with E-state index in [1.165, 1.54) is 16.2 Å². The number of benzene rings is 1. The summed E-state index contributed by atoms with van der Waals surface area (Å²) in [5.41, 5.74) is 7.57. The smallest absolute Gasteiger partial charge is 0.264 e. The summed E-state index contributed by atoms with van der Waals surface area (Å²) in [5, 5.41) is 0.528. The van der Waals surface area contributed by atoms with E-state index in [2.05, 4.69) is 0 Å². The molecule has 2 aromatic rings. The molecule has 6 heteroatoms. The van der Waals surface area contributed by atoms with Crippen molar-refractivity contribution in [2.75, 3.05) is 24.3 Å². The topological polar surface area (TPSA) is 72.6 Å². The molecule has 5 nitrogen and oxygen atoms in total. The van der Waals surface area contributed by atoms with Gasteiger partial charge in [-0.3, -0.25) is 9.59 Å². The zero-order valence-electron chi connectivity index (χ0n) is 12.4. The van der Waals surface area contributed by atoms with Crippen molar-refractivity contribution in [1.29, 1.82) is 0 Å². The van der Waals surface area contributed by atoms with Gasteiger partial charge < -0.3 is 15.4 Å². The molecule has 1 amide bonds. The number of nitrogen functional groups attached to an aromatic ring is 1. The van der Waals surface area contributed by atoms with Gasteiger partial charge in [-0.25, -0.2) is 0 Å². The third kappa shape index (κ3) is 2.35. The lowest BCUT2D eigenvalue weighted by Crippen LogP contribution is -2.35. The summed E-state index contributed by atoms with van der Waals surface area (Å²) in [7, 11) is 1.67. The molecular formula is C16H16N2O3S. The van der Waals surface area contributed by atoms with E-state index in [1.807, 2.05) is 13.0 Å². The second kappa shape index (κ2) is 5.46. The number of ketones is 1. The number of hydrogen-bond donors (Lipinski definition) is 1. The molecule has 0 saturated carbocycles. The first-order valence-electron chi connectivity index (χ1n) is 6.97. The fourth-order valence-electron chi connectivity index (χ4n) is 2.38. The number of hydrogen-bond acceptors (Lipinski definition) is 5. The van der Waals surface area contributed by atoms with Crippen LogP contribution in [0.5, 0.6) is 5.75 Å². The van der Waals surface area contributed by atoms with Crippen molar-refractivity contribution in [3.63, 3.8) is 0 Å². The lowest BCUT2D eigenvalue weighted by Gasteiger charge is -2.26. The predicted molar refractivity (Wildman–Crippen MR) is 86.9 cm³/mol. The van der Waals surface area contributed by atoms with E-state index in [9.17, 15) is 9.59 Å². The summed E-state index contributed by atoms with van der Waals surface area (Å²) < 4.78 is 5.37. The zero-order chi connectivity index (χ0) is 15.9. The number of fused-ring (bicyclic) bond motifs is 1. The third-order valence-corrected chi connectivity index (χ3v) is 4.82. The van der Waals surface area contributed by atoms with E-state index in [0.717, 1.165) is 11.3 Å². The van der Waals surface area contributed by atoms with E-state index in [1.54, 1.807) is 25.2 Å². The van der Waals surface area contributed by atoms with Crippen molar-refractivity contribution in [2.24, 2.45) is 0 Å². The van der Waals surface area contributed by atoms with Crippen LogP contribution in [0.1, 0.15) is 27.7 Å². The molecule has 0 radical (unpaired) electrons. The minimum Gasteiger partial charge on any atom is -0.482 e. The Labute approximate surface area is 132 Å². The minimum atomic E-state index is -0.139. The monoisotopic (exact) mass is 316 g/mol. The Morgan fingerprint density at radius 2 is 2.18 bits per heavy atom. The van der Waals surface area contributed by atoms with Gasteiger partial charge in [-0.05, 0) is 30.7 Å². The van der Waals surface area contributed by atoms with E-state index in [0.29, 0.717) is 27.6 Å². The lowest BCUT2D eigenvalue weighted by atomic mass is 10.0. The van der Waals surface area contributed by atoms with Gasteiger partial charge in [-0.2, -0.15) is 0 Å². The molecule has 1 aliphatic heterocycles. The number of amides is 1. The van der Waals surface area contributed by atoms with Gasteiger partial charge in [0, 0.05) is 17.5 Å². The summed E-state index contributed by atoms with van der Waals surface area (Å²) in [6, 6.07) is 6.94. The maximum absolute atomic E-state index is 12.7. The van der Waals surface area contributed by atoms with Crippen LogP contribution in [0.3, 0.4) is 0 Å². The Bertz CT molecular complexity index is 767. The van der Waals surface area contributed by atoms with E-state index < -0.39 is 0 Å². The molecule has 2 N–H and O–H groups in total. The number of carbonyl (C=O) groups excluding carboxylic acids is 2. The Hall–Kier alpha value is -2.34. The number of carbonyl (C=O) groups is 2. The van der Waals surface area contributed by atoms with Crippen LogP contribution in [0.25, 0.3) is 0 Å². The molecule has 3 rings (SSSR count). The van der Waals surface area contributed by atoms with Gasteiger partial charge in [0.15, 0.2) is 12.4 Å². The Morgan fingerprint density at radius 3 is 2.86 bits per heavy atom. The highest BCUT2D eigenvalue weighted by Crippen LogP contribution is 2.34. The molecule has 0 unspecified atom stereocenters. The van der Waals surface area contributed by atoms with Crippen LogP contribution in [-0.2, 0) is 11.2 Å². The van der Waals surface area contributed by atoms with Crippen molar-refractivity contribution in [3.05, 3.63) is 40.3 Å². The van der Waals surface area contributed by atoms with Gasteiger partial charge in [0.2, 0.25) is 0 Å². The predicted octanol–water partition coefficient (Wildman–Crippen LogP) is 2.48. The average molecular weight is 316 g/mol. The minimum absolute atomic E-state index is 0.0220. The number of nitrogens with zero attached hydrogens (tertiary/aromatic N) is 1. The molecule has 22 heavy (non-hydrogen) atoms. The fourth-order valence-corrected chi connectivity index (χ4v) is 3.24. The molecule has 1 aromatic carbocycles. The summed E-state index contributed by atoms with van der Waals surface area (Å²) in [6.45, 7) is 2.05. The van der Waals surface area contributed by atoms with Crippen LogP contribution in [0, 0.1) is 0 Å². The molecule has 0 saturated heterocycles. The highest BCUT2D eigenvalue weighted by molar-refractivity contribution is 7.16. The highest BCUT2D eigenvalue weighted by Gasteiger charge is 2.24. The van der Waals surface area contributed by atoms with E-state index in [-0.39, 0.29) is 18.3 Å². The van der Waals surface area contributed by atoms with Crippen molar-refractivity contribution in [3.8, 4) is 5.75 Å². The second-order valence-corrected chi connectivity index (χ2v) is 6.27. The summed E-state index contributed by atoms with van der Waals surface area (Å²) in [4.78, 5) is 26.9. The van der Waals surface area contributed by atoms with Gasteiger partial charge in [-0.15, -0.1) is 11.3 Å². The lowest BCUT2D eigenvalue weighted by molar-refractivity contribution is -0.120. The SMILES string of the molecule is CCc1cc(C(=O)c2ccc3c(c2)N(C)C(=O)CO3)c(N)s1. The molecule has 0 atom stereocenters. The van der Waals surface area contributed by atoms with Gasteiger partial charge in [-0.1, -0.05) is 6.92 Å². The first kappa shape index (κ1) is 14.6. The number of anilines is 2. The van der Waals surface area contributed by atoms with Gasteiger partial charge >= 0.3 is 0 Å². The number of aryl methyl sites for hydroxylation is 1. The molecule has 0 spiro atoms. The molecule has 1 aliphatic rings. The van der Waals surface area contributed by atoms with E-state index in [4.69, 9.17) is 10.5 Å². The Balaban J connectivity index is 2.00. The summed E-state index contributed by atoms with van der Waals surface area (Å²) >= 11 is 1.43. The standard InChI is InChI=1S/C16H16N2O3S/c1-3-10-7-11(16(17)22-10)15(20)9-4-5-13-12(6-9)18(2)14(19)8-21-13/h4-7H,3,8,17H2,1-2H3.